The molecule has 0 amide bonds. The van der Waals surface area contributed by atoms with Crippen LogP contribution in [-0.2, 0) is 4.74 Å². The number of methoxy groups -OCH3 is 1. The third-order valence-electron chi connectivity index (χ3n) is 2.49. The van der Waals surface area contributed by atoms with Crippen LogP contribution in [0.3, 0.4) is 0 Å². The number of rotatable bonds is 4. The quantitative estimate of drug-likeness (QED) is 0.863. The van der Waals surface area contributed by atoms with E-state index in [9.17, 15) is 9.18 Å². The number of nitrogens with one attached hydrogen (secondary N) is 1. The van der Waals surface area contributed by atoms with Gasteiger partial charge in [-0.05, 0) is 28.9 Å². The lowest BCUT2D eigenvalue weighted by atomic mass is 10.1. The first-order chi connectivity index (χ1) is 9.58. The molecule has 0 bridgehead atoms. The van der Waals surface area contributed by atoms with Crippen LogP contribution < -0.4 is 4.74 Å². The predicted molar refractivity (Wildman–Crippen MR) is 72.0 cm³/mol. The van der Waals surface area contributed by atoms with Gasteiger partial charge in [0.05, 0.1) is 19.3 Å². The fraction of sp³-hybridized carbons (Fsp3) is 0.250. The maximum Gasteiger partial charge on any atom is 0.361 e. The number of hydrogen-bond donors (Lipinski definition) is 1. The average molecular weight is 344 g/mol. The average Bonchev–Trinajstić information content (AvgIpc) is 2.86. The first-order valence-electron chi connectivity index (χ1n) is 5.69. The minimum absolute atomic E-state index is 0.0115. The Bertz CT molecular complexity index is 645. The van der Waals surface area contributed by atoms with Crippen LogP contribution in [0.2, 0.25) is 0 Å². The molecule has 0 aliphatic heterocycles. The largest absolute Gasteiger partial charge is 0.496 e. The van der Waals surface area contributed by atoms with Crippen molar-refractivity contribution < 1.29 is 18.7 Å². The van der Waals surface area contributed by atoms with E-state index in [2.05, 4.69) is 31.3 Å². The molecule has 0 aliphatic rings. The van der Waals surface area contributed by atoms with E-state index in [1.54, 1.807) is 6.92 Å². The van der Waals surface area contributed by atoms with Crippen LogP contribution in [0.25, 0.3) is 11.3 Å². The maximum absolute atomic E-state index is 13.4. The highest BCUT2D eigenvalue weighted by molar-refractivity contribution is 9.10. The van der Waals surface area contributed by atoms with Gasteiger partial charge in [0, 0.05) is 10.5 Å². The van der Waals surface area contributed by atoms with Crippen LogP contribution in [0.4, 0.5) is 4.39 Å². The number of ether oxygens (including phenoxy) is 2. The molecule has 0 atom stereocenters. The zero-order valence-electron chi connectivity index (χ0n) is 10.7. The fourth-order valence-electron chi connectivity index (χ4n) is 1.69. The minimum Gasteiger partial charge on any atom is -0.496 e. The number of hydrogen-bond acceptors (Lipinski definition) is 5. The van der Waals surface area contributed by atoms with Crippen molar-refractivity contribution >= 4 is 21.9 Å². The molecule has 0 spiro atoms. The molecule has 0 radical (unpaired) electrons. The Morgan fingerprint density at radius 1 is 1.45 bits per heavy atom. The fourth-order valence-corrected chi connectivity index (χ4v) is 2.29. The van der Waals surface area contributed by atoms with E-state index >= 15 is 0 Å². The zero-order valence-corrected chi connectivity index (χ0v) is 12.3. The van der Waals surface area contributed by atoms with Crippen molar-refractivity contribution in [2.75, 3.05) is 13.7 Å². The van der Waals surface area contributed by atoms with Crippen molar-refractivity contribution in [2.24, 2.45) is 0 Å². The summed E-state index contributed by atoms with van der Waals surface area (Å²) >= 11 is 3.23. The summed E-state index contributed by atoms with van der Waals surface area (Å²) in [6.45, 7) is 1.90. The summed E-state index contributed by atoms with van der Waals surface area (Å²) in [5, 5.41) is 10.0. The summed E-state index contributed by atoms with van der Waals surface area (Å²) in [6, 6.07) is 2.45. The van der Waals surface area contributed by atoms with Crippen LogP contribution >= 0.6 is 15.9 Å². The number of H-pyrrole nitrogens is 1. The standard InChI is InChI=1S/C12H11BrFN3O3/c1-3-20-12(18)11-10(15-17-16-11)9-7(13)4-6(14)5-8(9)19-2/h4-5H,3H2,1-2H3,(H,15,16,17). The Hall–Kier alpha value is -1.96. The number of benzene rings is 1. The van der Waals surface area contributed by atoms with Gasteiger partial charge in [-0.15, -0.1) is 5.10 Å². The third-order valence-corrected chi connectivity index (χ3v) is 3.12. The van der Waals surface area contributed by atoms with Gasteiger partial charge in [0.2, 0.25) is 0 Å². The first kappa shape index (κ1) is 14.4. The molecular formula is C12H11BrFN3O3. The normalized spacial score (nSPS) is 10.4. The molecule has 20 heavy (non-hydrogen) atoms. The number of carbonyl (C=O) groups is 1. The van der Waals surface area contributed by atoms with Crippen LogP contribution in [0.5, 0.6) is 5.75 Å². The molecule has 0 saturated heterocycles. The molecular weight excluding hydrogens is 333 g/mol. The minimum atomic E-state index is -0.616. The summed E-state index contributed by atoms with van der Waals surface area (Å²) < 4.78 is 23.8. The molecule has 0 aliphatic carbocycles. The van der Waals surface area contributed by atoms with Crippen molar-refractivity contribution in [3.63, 3.8) is 0 Å². The SMILES string of the molecule is CCOC(=O)c1n[nH]nc1-c1c(Br)cc(F)cc1OC. The lowest BCUT2D eigenvalue weighted by Crippen LogP contribution is -2.07. The number of nitrogens with zero attached hydrogens (tertiary/aromatic N) is 2. The summed E-state index contributed by atoms with van der Waals surface area (Å²) in [7, 11) is 1.40. The van der Waals surface area contributed by atoms with Crippen LogP contribution in [-0.4, -0.2) is 35.1 Å². The highest BCUT2D eigenvalue weighted by Crippen LogP contribution is 2.37. The molecule has 1 aromatic heterocycles. The number of halogens is 2. The molecule has 0 fully saturated rings. The zero-order chi connectivity index (χ0) is 14.7. The van der Waals surface area contributed by atoms with Gasteiger partial charge in [0.25, 0.3) is 0 Å². The van der Waals surface area contributed by atoms with Gasteiger partial charge in [-0.25, -0.2) is 9.18 Å². The van der Waals surface area contributed by atoms with Crippen molar-refractivity contribution in [3.8, 4) is 17.0 Å². The van der Waals surface area contributed by atoms with Gasteiger partial charge >= 0.3 is 5.97 Å². The molecule has 2 rings (SSSR count). The van der Waals surface area contributed by atoms with Gasteiger partial charge in [-0.1, -0.05) is 0 Å². The Morgan fingerprint density at radius 3 is 2.85 bits per heavy atom. The maximum atomic E-state index is 13.4. The summed E-state index contributed by atoms with van der Waals surface area (Å²) in [6.07, 6.45) is 0. The van der Waals surface area contributed by atoms with Crippen LogP contribution in [0.1, 0.15) is 17.4 Å². The molecule has 1 aromatic carbocycles. The molecule has 1 N–H and O–H groups in total. The van der Waals surface area contributed by atoms with E-state index in [-0.39, 0.29) is 23.7 Å². The van der Waals surface area contributed by atoms with E-state index in [1.807, 2.05) is 0 Å². The van der Waals surface area contributed by atoms with Crippen molar-refractivity contribution in [1.82, 2.24) is 15.4 Å². The topological polar surface area (TPSA) is 77.1 Å². The molecule has 8 heteroatoms. The lowest BCUT2D eigenvalue weighted by Gasteiger charge is -2.09. The Kier molecular flexibility index (Phi) is 4.33. The van der Waals surface area contributed by atoms with E-state index in [0.717, 1.165) is 0 Å². The lowest BCUT2D eigenvalue weighted by molar-refractivity contribution is 0.0520. The molecule has 6 nitrogen and oxygen atoms in total. The number of esters is 1. The second kappa shape index (κ2) is 6.00. The number of aromatic amines is 1. The van der Waals surface area contributed by atoms with E-state index < -0.39 is 11.8 Å². The molecule has 0 saturated carbocycles. The van der Waals surface area contributed by atoms with Gasteiger partial charge in [0.1, 0.15) is 17.3 Å². The van der Waals surface area contributed by atoms with Gasteiger partial charge in [0.15, 0.2) is 5.69 Å². The van der Waals surface area contributed by atoms with Crippen molar-refractivity contribution in [1.29, 1.82) is 0 Å². The van der Waals surface area contributed by atoms with E-state index in [1.165, 1.54) is 19.2 Å². The Balaban J connectivity index is 2.58. The van der Waals surface area contributed by atoms with E-state index in [4.69, 9.17) is 9.47 Å². The molecule has 106 valence electrons. The van der Waals surface area contributed by atoms with E-state index in [0.29, 0.717) is 10.0 Å². The van der Waals surface area contributed by atoms with Crippen molar-refractivity contribution in [2.45, 2.75) is 6.92 Å². The van der Waals surface area contributed by atoms with Gasteiger partial charge in [-0.2, -0.15) is 10.3 Å². The number of carbonyl (C=O) groups excluding carboxylic acids is 1. The second-order valence-electron chi connectivity index (χ2n) is 3.71. The third kappa shape index (κ3) is 2.64. The molecule has 1 heterocycles. The summed E-state index contributed by atoms with van der Waals surface area (Å²) in [4.78, 5) is 11.8. The predicted octanol–water partition coefficient (Wildman–Crippen LogP) is 2.56. The van der Waals surface area contributed by atoms with Gasteiger partial charge in [-0.3, -0.25) is 0 Å². The summed E-state index contributed by atoms with van der Waals surface area (Å²) in [5.74, 6) is -0.857. The Labute approximate surface area is 122 Å². The summed E-state index contributed by atoms with van der Waals surface area (Å²) in [5.41, 5.74) is 0.662. The van der Waals surface area contributed by atoms with Crippen molar-refractivity contribution in [3.05, 3.63) is 28.1 Å². The highest BCUT2D eigenvalue weighted by Gasteiger charge is 2.24. The molecule has 0 unspecified atom stereocenters. The highest BCUT2D eigenvalue weighted by atomic mass is 79.9. The second-order valence-corrected chi connectivity index (χ2v) is 4.56. The first-order valence-corrected chi connectivity index (χ1v) is 6.49. The Morgan fingerprint density at radius 2 is 2.20 bits per heavy atom. The van der Waals surface area contributed by atoms with Crippen LogP contribution in [0, 0.1) is 5.82 Å². The molecule has 2 aromatic rings. The number of aromatic nitrogens is 3. The van der Waals surface area contributed by atoms with Crippen LogP contribution in [0.15, 0.2) is 16.6 Å². The smallest absolute Gasteiger partial charge is 0.361 e. The monoisotopic (exact) mass is 343 g/mol. The van der Waals surface area contributed by atoms with Gasteiger partial charge < -0.3 is 9.47 Å².